The summed E-state index contributed by atoms with van der Waals surface area (Å²) in [4.78, 5) is 27.7. The van der Waals surface area contributed by atoms with E-state index in [-0.39, 0.29) is 31.1 Å². The summed E-state index contributed by atoms with van der Waals surface area (Å²) in [5.41, 5.74) is 1.50. The lowest BCUT2D eigenvalue weighted by atomic mass is 10.1. The predicted octanol–water partition coefficient (Wildman–Crippen LogP) is 2.57. The average molecular weight is 542 g/mol. The highest BCUT2D eigenvalue weighted by molar-refractivity contribution is 6.32. The van der Waals surface area contributed by atoms with Crippen molar-refractivity contribution in [2.45, 2.75) is 25.7 Å². The lowest BCUT2D eigenvalue weighted by molar-refractivity contribution is -0.0197. The molecule has 0 aliphatic carbocycles. The van der Waals surface area contributed by atoms with Crippen molar-refractivity contribution in [2.75, 3.05) is 40.0 Å². The number of hydrogen-bond donors (Lipinski definition) is 1. The Kier molecular flexibility index (Phi) is 7.94. The van der Waals surface area contributed by atoms with Gasteiger partial charge in [0.1, 0.15) is 18.1 Å². The van der Waals surface area contributed by atoms with Crippen LogP contribution in [0, 0.1) is 0 Å². The summed E-state index contributed by atoms with van der Waals surface area (Å²) in [5, 5.41) is 11.5. The molecule has 1 saturated heterocycles. The van der Waals surface area contributed by atoms with Crippen molar-refractivity contribution in [3.05, 3.63) is 64.4 Å². The minimum absolute atomic E-state index is 0.152. The van der Waals surface area contributed by atoms with Crippen molar-refractivity contribution in [1.29, 1.82) is 0 Å². The fourth-order valence-electron chi connectivity index (χ4n) is 4.27. The number of carbonyl (C=O) groups is 2. The number of amides is 2. The normalized spacial score (nSPS) is 18.8. The molecule has 0 spiro atoms. The molecule has 3 aromatic rings. The highest BCUT2D eigenvalue weighted by Crippen LogP contribution is 2.29. The Hall–Kier alpha value is -3.83. The Morgan fingerprint density at radius 3 is 2.76 bits per heavy atom. The standard InChI is InChI=1S/C26H28ClN5O6/c1-35-23-6-3-17-12-24(23)38-16-19-14-32(30-29-19)7-2-9-37-22-5-4-18(11-21(22)27)26(34)31-8-10-36-20(15-31)13-28-25(17)33/h3-6,11-12,14,20H,2,7-10,13,15-16H2,1H3,(H,28,33). The maximum atomic E-state index is 13.1. The summed E-state index contributed by atoms with van der Waals surface area (Å²) in [6.07, 6.45) is 2.10. The van der Waals surface area contributed by atoms with Crippen LogP contribution in [0.3, 0.4) is 0 Å². The first-order valence-electron chi connectivity index (χ1n) is 12.3. The number of benzene rings is 2. The number of methoxy groups -OCH3 is 1. The van der Waals surface area contributed by atoms with Crippen LogP contribution in [0.25, 0.3) is 0 Å². The van der Waals surface area contributed by atoms with Crippen LogP contribution in [0.1, 0.15) is 32.8 Å². The number of carbonyl (C=O) groups excluding carboxylic acids is 2. The number of rotatable bonds is 1. The first-order chi connectivity index (χ1) is 18.5. The molecule has 6 rings (SSSR count). The molecule has 3 aliphatic rings. The Labute approximate surface area is 224 Å². The van der Waals surface area contributed by atoms with Gasteiger partial charge in [-0.05, 0) is 36.4 Å². The molecule has 1 unspecified atom stereocenters. The maximum absolute atomic E-state index is 13.1. The van der Waals surface area contributed by atoms with Crippen molar-refractivity contribution >= 4 is 23.4 Å². The molecule has 12 heteroatoms. The molecule has 3 aliphatic heterocycles. The fourth-order valence-corrected chi connectivity index (χ4v) is 4.51. The highest BCUT2D eigenvalue weighted by Gasteiger charge is 2.26. The number of aryl methyl sites for hydroxylation is 1. The van der Waals surface area contributed by atoms with Gasteiger partial charge in [0.15, 0.2) is 11.5 Å². The van der Waals surface area contributed by atoms with Gasteiger partial charge in [-0.2, -0.15) is 0 Å². The van der Waals surface area contributed by atoms with Gasteiger partial charge < -0.3 is 29.2 Å². The smallest absolute Gasteiger partial charge is 0.254 e. The molecule has 1 atom stereocenters. The first kappa shape index (κ1) is 25.8. The SMILES string of the molecule is COc1ccc2cc1OCc1cn(nn1)CCCOc1ccc(cc1Cl)C(=O)N1CCOC(CNC2=O)C1. The van der Waals surface area contributed by atoms with E-state index in [1.165, 1.54) is 7.11 Å². The van der Waals surface area contributed by atoms with Gasteiger partial charge in [-0.1, -0.05) is 16.8 Å². The summed E-state index contributed by atoms with van der Waals surface area (Å²) in [6, 6.07) is 9.98. The number of morpholine rings is 1. The highest BCUT2D eigenvalue weighted by atomic mass is 35.5. The number of nitrogens with zero attached hydrogens (tertiary/aromatic N) is 4. The fraction of sp³-hybridized carbons (Fsp3) is 0.385. The van der Waals surface area contributed by atoms with Crippen LogP contribution in [0.2, 0.25) is 5.02 Å². The Morgan fingerprint density at radius 1 is 1.05 bits per heavy atom. The van der Waals surface area contributed by atoms with E-state index in [0.29, 0.717) is 78.4 Å². The number of ether oxygens (including phenoxy) is 4. The van der Waals surface area contributed by atoms with Gasteiger partial charge in [0.25, 0.3) is 11.8 Å². The molecule has 2 amide bonds. The molecular weight excluding hydrogens is 514 g/mol. The lowest BCUT2D eigenvalue weighted by Gasteiger charge is -2.33. The quantitative estimate of drug-likeness (QED) is 0.499. The molecule has 1 aromatic heterocycles. The van der Waals surface area contributed by atoms with E-state index in [4.69, 9.17) is 30.5 Å². The van der Waals surface area contributed by atoms with Crippen molar-refractivity contribution < 1.29 is 28.5 Å². The number of fused-ring (bicyclic) bond motifs is 8. The van der Waals surface area contributed by atoms with E-state index in [9.17, 15) is 9.59 Å². The van der Waals surface area contributed by atoms with E-state index in [2.05, 4.69) is 15.6 Å². The van der Waals surface area contributed by atoms with Crippen LogP contribution < -0.4 is 19.5 Å². The second kappa shape index (κ2) is 11.7. The minimum atomic E-state index is -0.354. The molecule has 0 saturated carbocycles. The second-order valence-electron chi connectivity index (χ2n) is 8.93. The average Bonchev–Trinajstić information content (AvgIpc) is 3.40. The third-order valence-electron chi connectivity index (χ3n) is 6.27. The van der Waals surface area contributed by atoms with Crippen molar-refractivity contribution in [3.8, 4) is 17.2 Å². The van der Waals surface area contributed by atoms with Crippen LogP contribution in [0.15, 0.2) is 42.6 Å². The Morgan fingerprint density at radius 2 is 1.92 bits per heavy atom. The molecule has 8 bridgehead atoms. The maximum Gasteiger partial charge on any atom is 0.254 e. The molecule has 1 N–H and O–H groups in total. The summed E-state index contributed by atoms with van der Waals surface area (Å²) in [7, 11) is 1.53. The third kappa shape index (κ3) is 6.00. The predicted molar refractivity (Wildman–Crippen MR) is 137 cm³/mol. The summed E-state index contributed by atoms with van der Waals surface area (Å²) in [5.74, 6) is 0.958. The van der Waals surface area contributed by atoms with E-state index in [0.717, 1.165) is 0 Å². The summed E-state index contributed by atoms with van der Waals surface area (Å²) < 4.78 is 24.6. The number of nitrogens with one attached hydrogen (secondary N) is 1. The summed E-state index contributed by atoms with van der Waals surface area (Å²) in [6.45, 7) is 2.54. The Bertz CT molecular complexity index is 1320. The molecule has 200 valence electrons. The topological polar surface area (TPSA) is 117 Å². The molecule has 38 heavy (non-hydrogen) atoms. The number of hydrogen-bond acceptors (Lipinski definition) is 8. The van der Waals surface area contributed by atoms with Crippen LogP contribution >= 0.6 is 11.6 Å². The van der Waals surface area contributed by atoms with Crippen molar-refractivity contribution in [3.63, 3.8) is 0 Å². The number of aromatic nitrogens is 3. The molecule has 0 radical (unpaired) electrons. The van der Waals surface area contributed by atoms with Gasteiger partial charge in [0, 0.05) is 43.7 Å². The number of halogens is 1. The van der Waals surface area contributed by atoms with Crippen LogP contribution in [0.5, 0.6) is 17.2 Å². The minimum Gasteiger partial charge on any atom is -0.493 e. The second-order valence-corrected chi connectivity index (χ2v) is 9.34. The first-order valence-corrected chi connectivity index (χ1v) is 12.7. The van der Waals surface area contributed by atoms with Gasteiger partial charge in [-0.25, -0.2) is 0 Å². The third-order valence-corrected chi connectivity index (χ3v) is 6.57. The van der Waals surface area contributed by atoms with E-state index in [1.54, 1.807) is 52.2 Å². The van der Waals surface area contributed by atoms with Crippen LogP contribution in [-0.4, -0.2) is 77.8 Å². The molecule has 11 nitrogen and oxygen atoms in total. The van der Waals surface area contributed by atoms with Crippen LogP contribution in [-0.2, 0) is 17.9 Å². The zero-order valence-electron chi connectivity index (χ0n) is 20.9. The molecule has 2 aromatic carbocycles. The van der Waals surface area contributed by atoms with Gasteiger partial charge in [-0.3, -0.25) is 14.3 Å². The monoisotopic (exact) mass is 541 g/mol. The van der Waals surface area contributed by atoms with Crippen LogP contribution in [0.4, 0.5) is 0 Å². The zero-order chi connectivity index (χ0) is 26.5. The molecule has 4 heterocycles. The van der Waals surface area contributed by atoms with E-state index in [1.807, 2.05) is 0 Å². The van der Waals surface area contributed by atoms with Gasteiger partial charge in [0.2, 0.25) is 0 Å². The van der Waals surface area contributed by atoms with Crippen molar-refractivity contribution in [1.82, 2.24) is 25.2 Å². The van der Waals surface area contributed by atoms with Crippen molar-refractivity contribution in [2.24, 2.45) is 0 Å². The largest absolute Gasteiger partial charge is 0.493 e. The molecule has 1 fully saturated rings. The Balaban J connectivity index is 1.37. The van der Waals surface area contributed by atoms with Gasteiger partial charge >= 0.3 is 0 Å². The zero-order valence-corrected chi connectivity index (χ0v) is 21.6. The lowest BCUT2D eigenvalue weighted by Crippen LogP contribution is -2.49. The van der Waals surface area contributed by atoms with E-state index >= 15 is 0 Å². The molecular formula is C26H28ClN5O6. The van der Waals surface area contributed by atoms with E-state index < -0.39 is 0 Å². The summed E-state index contributed by atoms with van der Waals surface area (Å²) >= 11 is 6.41. The van der Waals surface area contributed by atoms with Gasteiger partial charge in [0.05, 0.1) is 37.6 Å². The van der Waals surface area contributed by atoms with Gasteiger partial charge in [-0.15, -0.1) is 5.10 Å².